The molecule has 74 valence electrons. The van der Waals surface area contributed by atoms with Gasteiger partial charge < -0.3 is 10.2 Å². The van der Waals surface area contributed by atoms with E-state index in [0.717, 1.165) is 16.4 Å². The van der Waals surface area contributed by atoms with Crippen molar-refractivity contribution in [3.8, 4) is 11.5 Å². The molecule has 0 bridgehead atoms. The zero-order valence-corrected chi connectivity index (χ0v) is 8.51. The van der Waals surface area contributed by atoms with Crippen LogP contribution in [0.25, 0.3) is 0 Å². The Morgan fingerprint density at radius 1 is 0.750 bits per heavy atom. The maximum Gasteiger partial charge on any atom is 0.195 e. The van der Waals surface area contributed by atoms with Gasteiger partial charge in [-0.2, -0.15) is 0 Å². The van der Waals surface area contributed by atoms with Gasteiger partial charge >= 0.3 is 0 Å². The van der Waals surface area contributed by atoms with Gasteiger partial charge in [-0.3, -0.25) is 0 Å². The third-order valence-corrected chi connectivity index (χ3v) is 2.84. The zero-order valence-electron chi connectivity index (χ0n) is 8.51. The van der Waals surface area contributed by atoms with Crippen LogP contribution in [0.2, 0.25) is 0 Å². The van der Waals surface area contributed by atoms with Crippen molar-refractivity contribution in [1.29, 1.82) is 0 Å². The molecule has 1 aliphatic rings. The molecule has 16 heavy (non-hydrogen) atoms. The average Bonchev–Trinajstić information content (AvgIpc) is 2.32. The van der Waals surface area contributed by atoms with E-state index < -0.39 is 0 Å². The van der Waals surface area contributed by atoms with Gasteiger partial charge in [0.1, 0.15) is 0 Å². The van der Waals surface area contributed by atoms with Crippen LogP contribution in [0.4, 0.5) is 0 Å². The van der Waals surface area contributed by atoms with Crippen LogP contribution in [0.15, 0.2) is 36.4 Å². The number of phenolic OH excluding ortho intramolecular Hbond substituents is 2. The number of fused-ring (bicyclic) bond motifs is 2. The highest BCUT2D eigenvalue weighted by molar-refractivity contribution is 6.87. The van der Waals surface area contributed by atoms with Crippen molar-refractivity contribution in [3.63, 3.8) is 0 Å². The van der Waals surface area contributed by atoms with Crippen LogP contribution in [0.5, 0.6) is 11.5 Å². The fourth-order valence-corrected chi connectivity index (χ4v) is 1.99. The fraction of sp³-hybridized carbons (Fsp3) is 0. The summed E-state index contributed by atoms with van der Waals surface area (Å²) in [5, 5.41) is 19.2. The first-order valence-corrected chi connectivity index (χ1v) is 5.09. The van der Waals surface area contributed by atoms with E-state index in [0.29, 0.717) is 5.46 Å². The van der Waals surface area contributed by atoms with E-state index in [9.17, 15) is 10.2 Å². The molecule has 0 unspecified atom stereocenters. The smallest absolute Gasteiger partial charge is 0.195 e. The lowest BCUT2D eigenvalue weighted by atomic mass is 9.43. The third-order valence-electron chi connectivity index (χ3n) is 2.84. The Balaban J connectivity index is 2.16. The number of rotatable bonds is 0. The summed E-state index contributed by atoms with van der Waals surface area (Å²) >= 11 is 0. The molecule has 0 fully saturated rings. The molecule has 1 aliphatic heterocycles. The van der Waals surface area contributed by atoms with Crippen LogP contribution in [0.3, 0.4) is 0 Å². The summed E-state index contributed by atoms with van der Waals surface area (Å²) in [5.74, 6) is -0.133. The maximum atomic E-state index is 9.77. The molecule has 0 saturated heterocycles. The van der Waals surface area contributed by atoms with Crippen LogP contribution in [0.1, 0.15) is 0 Å². The number of aromatic hydroxyl groups is 2. The Kier molecular flexibility index (Phi) is 1.96. The van der Waals surface area contributed by atoms with Gasteiger partial charge in [-0.25, -0.2) is 0 Å². The lowest BCUT2D eigenvalue weighted by Gasteiger charge is -2.19. The summed E-state index contributed by atoms with van der Waals surface area (Å²) < 4.78 is 0. The molecule has 4 heteroatoms. The highest BCUT2D eigenvalue weighted by atomic mass is 16.3. The second kappa shape index (κ2) is 3.34. The van der Waals surface area contributed by atoms with Gasteiger partial charge in [0.15, 0.2) is 26.1 Å². The summed E-state index contributed by atoms with van der Waals surface area (Å²) in [6.45, 7) is 0. The first-order valence-electron chi connectivity index (χ1n) is 5.09. The largest absolute Gasteiger partial charge is 0.505 e. The first kappa shape index (κ1) is 9.40. The molecule has 2 aromatic rings. The number of phenols is 2. The van der Waals surface area contributed by atoms with Gasteiger partial charge in [-0.15, -0.1) is 0 Å². The molecule has 0 atom stereocenters. The second-order valence-electron chi connectivity index (χ2n) is 3.85. The Hall–Kier alpha value is -1.83. The van der Waals surface area contributed by atoms with Crippen molar-refractivity contribution < 1.29 is 10.2 Å². The van der Waals surface area contributed by atoms with Crippen molar-refractivity contribution in [2.75, 3.05) is 0 Å². The molecule has 0 aliphatic carbocycles. The standard InChI is InChI=1S/C12H8B2O2/c15-10-6-5-9-11(12(10)16)14-8-4-2-1-3-7(8)13-9/h1-6,15-16H. The van der Waals surface area contributed by atoms with Crippen molar-refractivity contribution in [1.82, 2.24) is 0 Å². The van der Waals surface area contributed by atoms with Crippen LogP contribution in [-0.2, 0) is 0 Å². The molecule has 0 aromatic heterocycles. The highest BCUT2D eigenvalue weighted by Crippen LogP contribution is 2.19. The minimum atomic E-state index is -0.0808. The van der Waals surface area contributed by atoms with Gasteiger partial charge in [0.05, 0.1) is 0 Å². The SMILES string of the molecule is Oc1ccc2c(c1O)[B]c1ccccc1[B]2. The highest BCUT2D eigenvalue weighted by Gasteiger charge is 2.21. The van der Waals surface area contributed by atoms with Crippen LogP contribution < -0.4 is 21.9 Å². The summed E-state index contributed by atoms with van der Waals surface area (Å²) in [6, 6.07) is 11.3. The van der Waals surface area contributed by atoms with E-state index in [1.807, 2.05) is 38.8 Å². The Labute approximate surface area is 95.0 Å². The molecule has 2 radical (unpaired) electrons. The van der Waals surface area contributed by atoms with Crippen LogP contribution in [0, 0.1) is 0 Å². The molecular formula is C12H8B2O2. The molecule has 3 rings (SSSR count). The summed E-state index contributed by atoms with van der Waals surface area (Å²) in [4.78, 5) is 0. The van der Waals surface area contributed by atoms with E-state index in [1.54, 1.807) is 6.07 Å². The lowest BCUT2D eigenvalue weighted by Crippen LogP contribution is -2.56. The fourth-order valence-electron chi connectivity index (χ4n) is 1.99. The topological polar surface area (TPSA) is 40.5 Å². The van der Waals surface area contributed by atoms with E-state index in [4.69, 9.17) is 0 Å². The van der Waals surface area contributed by atoms with E-state index >= 15 is 0 Å². The Bertz CT molecular complexity index is 567. The summed E-state index contributed by atoms with van der Waals surface area (Å²) in [5.41, 5.74) is 3.78. The molecule has 0 saturated carbocycles. The Morgan fingerprint density at radius 2 is 1.44 bits per heavy atom. The summed E-state index contributed by atoms with van der Waals surface area (Å²) in [6.07, 6.45) is 0. The van der Waals surface area contributed by atoms with E-state index in [2.05, 4.69) is 0 Å². The molecule has 1 heterocycles. The minimum absolute atomic E-state index is 0.0525. The van der Waals surface area contributed by atoms with E-state index in [1.165, 1.54) is 6.07 Å². The number of hydrogen-bond acceptors (Lipinski definition) is 2. The van der Waals surface area contributed by atoms with Crippen molar-refractivity contribution >= 4 is 36.4 Å². The third kappa shape index (κ3) is 1.30. The average molecular weight is 206 g/mol. The Morgan fingerprint density at radius 3 is 2.19 bits per heavy atom. The molecule has 0 spiro atoms. The van der Waals surface area contributed by atoms with Gasteiger partial charge in [0, 0.05) is 0 Å². The quantitative estimate of drug-likeness (QED) is 0.355. The molecule has 0 amide bonds. The number of benzene rings is 2. The van der Waals surface area contributed by atoms with Crippen LogP contribution in [-0.4, -0.2) is 24.8 Å². The zero-order chi connectivity index (χ0) is 11.1. The predicted octanol–water partition coefficient (Wildman–Crippen LogP) is -1.28. The van der Waals surface area contributed by atoms with Crippen molar-refractivity contribution in [2.24, 2.45) is 0 Å². The van der Waals surface area contributed by atoms with Gasteiger partial charge in [-0.05, 0) is 11.5 Å². The van der Waals surface area contributed by atoms with Crippen LogP contribution >= 0.6 is 0 Å². The van der Waals surface area contributed by atoms with Gasteiger partial charge in [0.25, 0.3) is 0 Å². The molecular weight excluding hydrogens is 198 g/mol. The molecule has 2 aromatic carbocycles. The van der Waals surface area contributed by atoms with Crippen molar-refractivity contribution in [2.45, 2.75) is 0 Å². The lowest BCUT2D eigenvalue weighted by molar-refractivity contribution is 0.407. The second-order valence-corrected chi connectivity index (χ2v) is 3.85. The first-order chi connectivity index (χ1) is 7.75. The molecule has 2 nitrogen and oxygen atoms in total. The van der Waals surface area contributed by atoms with Gasteiger partial charge in [-0.1, -0.05) is 46.7 Å². The number of hydrogen-bond donors (Lipinski definition) is 2. The minimum Gasteiger partial charge on any atom is -0.505 e. The monoisotopic (exact) mass is 206 g/mol. The molecule has 2 N–H and O–H groups in total. The normalized spacial score (nSPS) is 12.0. The van der Waals surface area contributed by atoms with E-state index in [-0.39, 0.29) is 11.5 Å². The summed E-state index contributed by atoms with van der Waals surface area (Å²) in [7, 11) is 3.89. The predicted molar refractivity (Wildman–Crippen MR) is 66.3 cm³/mol. The maximum absolute atomic E-state index is 9.77. The van der Waals surface area contributed by atoms with Gasteiger partial charge in [0.2, 0.25) is 0 Å². The van der Waals surface area contributed by atoms with Crippen molar-refractivity contribution in [3.05, 3.63) is 36.4 Å².